The number of nitrogens with zero attached hydrogens (tertiary/aromatic N) is 5. The lowest BCUT2D eigenvalue weighted by atomic mass is 10.3. The molecular weight excluding hydrogens is 320 g/mol. The van der Waals surface area contributed by atoms with E-state index in [0.29, 0.717) is 37.6 Å². The SMILES string of the molecule is COCCOc1ccc(Nc2ncnc3c2cnn3CCC#N)cc1. The number of ether oxygens (including phenoxy) is 2. The van der Waals surface area contributed by atoms with Crippen LogP contribution in [0.1, 0.15) is 6.42 Å². The summed E-state index contributed by atoms with van der Waals surface area (Å²) in [6.45, 7) is 1.57. The molecule has 25 heavy (non-hydrogen) atoms. The Labute approximate surface area is 145 Å². The van der Waals surface area contributed by atoms with Gasteiger partial charge in [0.25, 0.3) is 0 Å². The summed E-state index contributed by atoms with van der Waals surface area (Å²) in [5, 5.41) is 17.1. The molecule has 0 aliphatic heterocycles. The summed E-state index contributed by atoms with van der Waals surface area (Å²) in [4.78, 5) is 8.55. The van der Waals surface area contributed by atoms with Crippen LogP contribution in [0.4, 0.5) is 11.5 Å². The highest BCUT2D eigenvalue weighted by Gasteiger charge is 2.10. The van der Waals surface area contributed by atoms with Crippen LogP contribution in [0.25, 0.3) is 11.0 Å². The van der Waals surface area contributed by atoms with Gasteiger partial charge in [-0.2, -0.15) is 10.4 Å². The molecule has 0 aliphatic carbocycles. The highest BCUT2D eigenvalue weighted by molar-refractivity contribution is 5.88. The second-order valence-corrected chi connectivity index (χ2v) is 5.23. The molecule has 2 aromatic heterocycles. The normalized spacial score (nSPS) is 10.6. The molecule has 0 atom stereocenters. The molecule has 128 valence electrons. The molecule has 0 saturated heterocycles. The van der Waals surface area contributed by atoms with Crippen LogP contribution in [-0.2, 0) is 11.3 Å². The van der Waals surface area contributed by atoms with Gasteiger partial charge in [0.1, 0.15) is 24.5 Å². The molecule has 0 spiro atoms. The van der Waals surface area contributed by atoms with Crippen LogP contribution < -0.4 is 10.1 Å². The van der Waals surface area contributed by atoms with Crippen LogP contribution >= 0.6 is 0 Å². The number of aryl methyl sites for hydroxylation is 1. The van der Waals surface area contributed by atoms with Crippen molar-refractivity contribution in [1.29, 1.82) is 5.26 Å². The molecule has 0 unspecified atom stereocenters. The van der Waals surface area contributed by atoms with Gasteiger partial charge in [0.15, 0.2) is 5.65 Å². The van der Waals surface area contributed by atoms with E-state index in [1.54, 1.807) is 18.0 Å². The number of nitriles is 1. The Bertz CT molecular complexity index is 869. The molecule has 3 rings (SSSR count). The van der Waals surface area contributed by atoms with E-state index in [9.17, 15) is 0 Å². The largest absolute Gasteiger partial charge is 0.491 e. The third-order valence-corrected chi connectivity index (χ3v) is 3.54. The predicted octanol–water partition coefficient (Wildman–Crippen LogP) is 2.51. The Balaban J connectivity index is 1.74. The molecular formula is C17H18N6O2. The van der Waals surface area contributed by atoms with Gasteiger partial charge in [0.05, 0.1) is 37.2 Å². The van der Waals surface area contributed by atoms with Crippen molar-refractivity contribution in [3.05, 3.63) is 36.8 Å². The number of rotatable bonds is 8. The minimum absolute atomic E-state index is 0.383. The summed E-state index contributed by atoms with van der Waals surface area (Å²) < 4.78 is 12.2. The van der Waals surface area contributed by atoms with Crippen LogP contribution in [0.15, 0.2) is 36.8 Å². The van der Waals surface area contributed by atoms with Gasteiger partial charge in [0, 0.05) is 12.8 Å². The Kier molecular flexibility index (Phi) is 5.39. The van der Waals surface area contributed by atoms with Gasteiger partial charge in [-0.25, -0.2) is 14.6 Å². The topological polar surface area (TPSA) is 97.9 Å². The van der Waals surface area contributed by atoms with E-state index in [4.69, 9.17) is 14.7 Å². The predicted molar refractivity (Wildman–Crippen MR) is 92.6 cm³/mol. The van der Waals surface area contributed by atoms with Crippen molar-refractivity contribution in [2.45, 2.75) is 13.0 Å². The smallest absolute Gasteiger partial charge is 0.163 e. The Hall–Kier alpha value is -3.18. The van der Waals surface area contributed by atoms with Gasteiger partial charge in [-0.15, -0.1) is 0 Å². The van der Waals surface area contributed by atoms with Crippen molar-refractivity contribution >= 4 is 22.5 Å². The number of fused-ring (bicyclic) bond motifs is 1. The van der Waals surface area contributed by atoms with Crippen LogP contribution in [0, 0.1) is 11.3 Å². The number of hydrogen-bond donors (Lipinski definition) is 1. The van der Waals surface area contributed by atoms with Gasteiger partial charge in [-0.1, -0.05) is 0 Å². The first kappa shape index (κ1) is 16.7. The molecule has 8 nitrogen and oxygen atoms in total. The van der Waals surface area contributed by atoms with Crippen molar-refractivity contribution in [2.75, 3.05) is 25.6 Å². The number of hydrogen-bond acceptors (Lipinski definition) is 7. The molecule has 1 N–H and O–H groups in total. The van der Waals surface area contributed by atoms with Crippen LogP contribution in [0.3, 0.4) is 0 Å². The number of anilines is 2. The van der Waals surface area contributed by atoms with Crippen molar-refractivity contribution in [3.8, 4) is 11.8 Å². The highest BCUT2D eigenvalue weighted by Crippen LogP contribution is 2.24. The zero-order chi connectivity index (χ0) is 17.5. The maximum Gasteiger partial charge on any atom is 0.163 e. The Morgan fingerprint density at radius 1 is 1.20 bits per heavy atom. The lowest BCUT2D eigenvalue weighted by Crippen LogP contribution is -2.04. The minimum atomic E-state index is 0.383. The van der Waals surface area contributed by atoms with Crippen molar-refractivity contribution in [1.82, 2.24) is 19.7 Å². The fraction of sp³-hybridized carbons (Fsp3) is 0.294. The third-order valence-electron chi connectivity index (χ3n) is 3.54. The lowest BCUT2D eigenvalue weighted by molar-refractivity contribution is 0.146. The first-order valence-electron chi connectivity index (χ1n) is 7.84. The van der Waals surface area contributed by atoms with Crippen LogP contribution in [0.5, 0.6) is 5.75 Å². The van der Waals surface area contributed by atoms with Crippen LogP contribution in [0.2, 0.25) is 0 Å². The molecule has 1 aromatic carbocycles. The van der Waals surface area contributed by atoms with Gasteiger partial charge in [-0.3, -0.25) is 0 Å². The van der Waals surface area contributed by atoms with E-state index in [0.717, 1.165) is 16.8 Å². The first-order valence-corrected chi connectivity index (χ1v) is 7.84. The Morgan fingerprint density at radius 3 is 2.80 bits per heavy atom. The standard InChI is InChI=1S/C17H18N6O2/c1-24-9-10-25-14-5-3-13(4-6-14)22-16-15-11-21-23(8-2-7-18)17(15)20-12-19-16/h3-6,11-12H,2,8-10H2,1H3,(H,19,20,22). The second kappa shape index (κ2) is 8.08. The van der Waals surface area contributed by atoms with E-state index in [1.807, 2.05) is 24.3 Å². The summed E-state index contributed by atoms with van der Waals surface area (Å²) in [5.74, 6) is 1.45. The quantitative estimate of drug-likeness (QED) is 0.630. The molecule has 0 bridgehead atoms. The van der Waals surface area contributed by atoms with Crippen molar-refractivity contribution in [3.63, 3.8) is 0 Å². The molecule has 3 aromatic rings. The number of aromatic nitrogens is 4. The average Bonchev–Trinajstić information content (AvgIpc) is 3.06. The Morgan fingerprint density at radius 2 is 2.04 bits per heavy atom. The van der Waals surface area contributed by atoms with Crippen molar-refractivity contribution < 1.29 is 9.47 Å². The maximum absolute atomic E-state index is 8.72. The summed E-state index contributed by atoms with van der Waals surface area (Å²) in [5.41, 5.74) is 1.58. The van der Waals surface area contributed by atoms with Gasteiger partial charge >= 0.3 is 0 Å². The monoisotopic (exact) mass is 338 g/mol. The summed E-state index contributed by atoms with van der Waals surface area (Å²) in [7, 11) is 1.64. The fourth-order valence-corrected chi connectivity index (χ4v) is 2.33. The molecule has 0 saturated carbocycles. The zero-order valence-electron chi connectivity index (χ0n) is 13.8. The molecule has 8 heteroatoms. The molecule has 0 aliphatic rings. The van der Waals surface area contributed by atoms with Gasteiger partial charge in [-0.05, 0) is 24.3 Å². The van der Waals surface area contributed by atoms with Gasteiger partial charge in [0.2, 0.25) is 0 Å². The van der Waals surface area contributed by atoms with E-state index < -0.39 is 0 Å². The fourth-order valence-electron chi connectivity index (χ4n) is 2.33. The lowest BCUT2D eigenvalue weighted by Gasteiger charge is -2.09. The minimum Gasteiger partial charge on any atom is -0.491 e. The average molecular weight is 338 g/mol. The van der Waals surface area contributed by atoms with Crippen molar-refractivity contribution in [2.24, 2.45) is 0 Å². The number of methoxy groups -OCH3 is 1. The molecule has 2 heterocycles. The third kappa shape index (κ3) is 4.02. The highest BCUT2D eigenvalue weighted by atomic mass is 16.5. The van der Waals surface area contributed by atoms with Gasteiger partial charge < -0.3 is 14.8 Å². The van der Waals surface area contributed by atoms with E-state index in [-0.39, 0.29) is 0 Å². The molecule has 0 radical (unpaired) electrons. The van der Waals surface area contributed by atoms with E-state index in [2.05, 4.69) is 26.5 Å². The van der Waals surface area contributed by atoms with Crippen LogP contribution in [-0.4, -0.2) is 40.1 Å². The second-order valence-electron chi connectivity index (χ2n) is 5.23. The molecule has 0 amide bonds. The number of nitrogens with one attached hydrogen (secondary N) is 1. The first-order chi connectivity index (χ1) is 12.3. The van der Waals surface area contributed by atoms with E-state index in [1.165, 1.54) is 6.33 Å². The molecule has 0 fully saturated rings. The zero-order valence-corrected chi connectivity index (χ0v) is 13.8. The summed E-state index contributed by atoms with van der Waals surface area (Å²) >= 11 is 0. The summed E-state index contributed by atoms with van der Waals surface area (Å²) in [6.07, 6.45) is 3.57. The summed E-state index contributed by atoms with van der Waals surface area (Å²) in [6, 6.07) is 9.70. The maximum atomic E-state index is 8.72. The number of benzene rings is 1. The van der Waals surface area contributed by atoms with E-state index >= 15 is 0 Å².